The Bertz CT molecular complexity index is 1250. The predicted octanol–water partition coefficient (Wildman–Crippen LogP) is 2.90. The van der Waals surface area contributed by atoms with Crippen LogP contribution in [0.4, 0.5) is 0 Å². The van der Waals surface area contributed by atoms with Crippen molar-refractivity contribution in [2.75, 3.05) is 6.61 Å². The van der Waals surface area contributed by atoms with Gasteiger partial charge in [-0.2, -0.15) is 5.10 Å². The molecule has 31 heavy (non-hydrogen) atoms. The van der Waals surface area contributed by atoms with Crippen molar-refractivity contribution < 1.29 is 18.7 Å². The number of fused-ring (bicyclic) bond motifs is 1. The van der Waals surface area contributed by atoms with Crippen molar-refractivity contribution in [1.82, 2.24) is 15.1 Å². The molecule has 1 N–H and O–H groups in total. The van der Waals surface area contributed by atoms with E-state index in [-0.39, 0.29) is 18.1 Å². The molecule has 0 unspecified atom stereocenters. The van der Waals surface area contributed by atoms with Crippen molar-refractivity contribution in [2.24, 2.45) is 0 Å². The summed E-state index contributed by atoms with van der Waals surface area (Å²) in [6.07, 6.45) is 1.54. The van der Waals surface area contributed by atoms with Crippen LogP contribution in [0, 0.1) is 0 Å². The minimum atomic E-state index is -0.793. The molecule has 0 spiro atoms. The lowest BCUT2D eigenvalue weighted by atomic mass is 10.1. The van der Waals surface area contributed by atoms with Gasteiger partial charge in [0, 0.05) is 11.9 Å². The highest BCUT2D eigenvalue weighted by molar-refractivity contribution is 6.02. The first-order valence-corrected chi connectivity index (χ1v) is 9.60. The van der Waals surface area contributed by atoms with Gasteiger partial charge < -0.3 is 14.1 Å². The summed E-state index contributed by atoms with van der Waals surface area (Å²) in [6, 6.07) is 19.6. The van der Waals surface area contributed by atoms with Crippen LogP contribution in [0.25, 0.3) is 10.8 Å². The maximum absolute atomic E-state index is 12.9. The molecule has 4 aromatic rings. The van der Waals surface area contributed by atoms with Crippen LogP contribution in [-0.4, -0.2) is 33.6 Å². The molecular formula is C23H19N3O5. The third-order valence-electron chi connectivity index (χ3n) is 4.71. The molecule has 0 atom stereocenters. The average Bonchev–Trinajstić information content (AvgIpc) is 3.31. The summed E-state index contributed by atoms with van der Waals surface area (Å²) in [5.41, 5.74) is 0.474. The minimum Gasteiger partial charge on any atom is -0.467 e. The van der Waals surface area contributed by atoms with Crippen molar-refractivity contribution in [3.8, 4) is 0 Å². The van der Waals surface area contributed by atoms with Gasteiger partial charge in [0.05, 0.1) is 18.2 Å². The number of nitrogens with one attached hydrogen (secondary N) is 1. The van der Waals surface area contributed by atoms with Gasteiger partial charge in [-0.25, -0.2) is 9.89 Å². The molecule has 1 amide bonds. The molecule has 2 aromatic carbocycles. The number of aromatic amines is 1. The minimum absolute atomic E-state index is 0.0522. The smallest absolute Gasteiger partial charge is 0.359 e. The van der Waals surface area contributed by atoms with E-state index in [1.165, 1.54) is 6.26 Å². The van der Waals surface area contributed by atoms with E-state index in [1.807, 2.05) is 30.3 Å². The molecule has 2 aromatic heterocycles. The monoisotopic (exact) mass is 417 g/mol. The van der Waals surface area contributed by atoms with E-state index in [1.54, 1.807) is 41.3 Å². The Morgan fingerprint density at radius 2 is 1.68 bits per heavy atom. The Balaban J connectivity index is 1.49. The SMILES string of the molecule is O=C(OCC(=O)N(Cc1ccccc1)Cc1ccco1)c1n[nH]c(=O)c2ccccc12. The molecule has 0 bridgehead atoms. The third-order valence-corrected chi connectivity index (χ3v) is 4.71. The Morgan fingerprint density at radius 1 is 0.935 bits per heavy atom. The number of rotatable bonds is 7. The number of hydrogen-bond donors (Lipinski definition) is 1. The van der Waals surface area contributed by atoms with Gasteiger partial charge in [-0.1, -0.05) is 48.5 Å². The zero-order chi connectivity index (χ0) is 21.6. The highest BCUT2D eigenvalue weighted by Gasteiger charge is 2.21. The molecule has 156 valence electrons. The maximum Gasteiger partial charge on any atom is 0.359 e. The molecule has 0 saturated carbocycles. The van der Waals surface area contributed by atoms with E-state index in [2.05, 4.69) is 10.2 Å². The number of aromatic nitrogens is 2. The molecular weight excluding hydrogens is 398 g/mol. The van der Waals surface area contributed by atoms with Crippen LogP contribution in [0.15, 0.2) is 82.2 Å². The first-order valence-electron chi connectivity index (χ1n) is 9.60. The second-order valence-electron chi connectivity index (χ2n) is 6.84. The highest BCUT2D eigenvalue weighted by Crippen LogP contribution is 2.14. The molecule has 8 nitrogen and oxygen atoms in total. The standard InChI is InChI=1S/C23H19N3O5/c27-20(26(14-17-9-6-12-30-17)13-16-7-2-1-3-8-16)15-31-23(29)21-18-10-4-5-11-19(18)22(28)25-24-21/h1-12H,13-15H2,(H,25,28). The van der Waals surface area contributed by atoms with E-state index >= 15 is 0 Å². The van der Waals surface area contributed by atoms with Gasteiger partial charge in [0.25, 0.3) is 11.5 Å². The fourth-order valence-electron chi connectivity index (χ4n) is 3.18. The summed E-state index contributed by atoms with van der Waals surface area (Å²) < 4.78 is 10.6. The van der Waals surface area contributed by atoms with Gasteiger partial charge in [0.15, 0.2) is 12.3 Å². The van der Waals surface area contributed by atoms with Gasteiger partial charge in [-0.15, -0.1) is 0 Å². The molecule has 0 aliphatic rings. The number of furan rings is 1. The Labute approximate surface area is 177 Å². The number of esters is 1. The van der Waals surface area contributed by atoms with Crippen LogP contribution in [0.5, 0.6) is 0 Å². The summed E-state index contributed by atoms with van der Waals surface area (Å²) >= 11 is 0. The second kappa shape index (κ2) is 9.08. The summed E-state index contributed by atoms with van der Waals surface area (Å²) in [5, 5.41) is 6.77. The number of ether oxygens (including phenoxy) is 1. The van der Waals surface area contributed by atoms with Gasteiger partial charge in [-0.3, -0.25) is 9.59 Å². The van der Waals surface area contributed by atoms with Crippen LogP contribution >= 0.6 is 0 Å². The molecule has 0 saturated heterocycles. The van der Waals surface area contributed by atoms with E-state index in [9.17, 15) is 14.4 Å². The Kier molecular flexibility index (Phi) is 5.89. The van der Waals surface area contributed by atoms with E-state index in [0.29, 0.717) is 23.1 Å². The number of amides is 1. The highest BCUT2D eigenvalue weighted by atomic mass is 16.5. The molecule has 0 aliphatic heterocycles. The topological polar surface area (TPSA) is 106 Å². The van der Waals surface area contributed by atoms with Crippen LogP contribution in [0.2, 0.25) is 0 Å². The quantitative estimate of drug-likeness (QED) is 0.464. The number of carbonyl (C=O) groups is 2. The lowest BCUT2D eigenvalue weighted by molar-refractivity contribution is -0.136. The first kappa shape index (κ1) is 20.1. The van der Waals surface area contributed by atoms with Crippen molar-refractivity contribution in [3.63, 3.8) is 0 Å². The summed E-state index contributed by atoms with van der Waals surface area (Å²) in [5.74, 6) is -0.565. The number of benzene rings is 2. The molecule has 0 fully saturated rings. The van der Waals surface area contributed by atoms with Crippen molar-refractivity contribution in [1.29, 1.82) is 0 Å². The fraction of sp³-hybridized carbons (Fsp3) is 0.130. The average molecular weight is 417 g/mol. The lowest BCUT2D eigenvalue weighted by Crippen LogP contribution is -2.34. The van der Waals surface area contributed by atoms with Crippen LogP contribution in [0.1, 0.15) is 21.8 Å². The van der Waals surface area contributed by atoms with Crippen molar-refractivity contribution >= 4 is 22.6 Å². The molecule has 8 heteroatoms. The molecule has 0 aliphatic carbocycles. The van der Waals surface area contributed by atoms with Gasteiger partial charge in [0.2, 0.25) is 0 Å². The number of H-pyrrole nitrogens is 1. The fourth-order valence-corrected chi connectivity index (χ4v) is 3.18. The number of nitrogens with zero attached hydrogens (tertiary/aromatic N) is 2. The Morgan fingerprint density at radius 3 is 2.42 bits per heavy atom. The largest absolute Gasteiger partial charge is 0.467 e. The van der Waals surface area contributed by atoms with Gasteiger partial charge >= 0.3 is 5.97 Å². The van der Waals surface area contributed by atoms with Crippen LogP contribution in [-0.2, 0) is 22.6 Å². The zero-order valence-corrected chi connectivity index (χ0v) is 16.5. The molecule has 2 heterocycles. The molecule has 4 rings (SSSR count). The zero-order valence-electron chi connectivity index (χ0n) is 16.5. The summed E-state index contributed by atoms with van der Waals surface area (Å²) in [7, 11) is 0. The normalized spacial score (nSPS) is 10.7. The number of carbonyl (C=O) groups excluding carboxylic acids is 2. The van der Waals surface area contributed by atoms with E-state index in [4.69, 9.17) is 9.15 Å². The summed E-state index contributed by atoms with van der Waals surface area (Å²) in [4.78, 5) is 38.9. The van der Waals surface area contributed by atoms with Gasteiger partial charge in [0.1, 0.15) is 5.76 Å². The van der Waals surface area contributed by atoms with Crippen molar-refractivity contribution in [3.05, 3.63) is 100 Å². The predicted molar refractivity (Wildman–Crippen MR) is 112 cm³/mol. The molecule has 0 radical (unpaired) electrons. The van der Waals surface area contributed by atoms with Crippen molar-refractivity contribution in [2.45, 2.75) is 13.1 Å². The lowest BCUT2D eigenvalue weighted by Gasteiger charge is -2.21. The van der Waals surface area contributed by atoms with Crippen LogP contribution in [0.3, 0.4) is 0 Å². The third kappa shape index (κ3) is 4.69. The second-order valence-corrected chi connectivity index (χ2v) is 6.84. The van der Waals surface area contributed by atoms with Gasteiger partial charge in [-0.05, 0) is 23.8 Å². The van der Waals surface area contributed by atoms with E-state index in [0.717, 1.165) is 5.56 Å². The summed E-state index contributed by atoms with van der Waals surface area (Å²) in [6.45, 7) is 0.0946. The van der Waals surface area contributed by atoms with E-state index < -0.39 is 18.1 Å². The van der Waals surface area contributed by atoms with Crippen LogP contribution < -0.4 is 5.56 Å². The first-order chi connectivity index (χ1) is 15.1. The number of hydrogen-bond acceptors (Lipinski definition) is 6. The maximum atomic E-state index is 12.9. The Hall–Kier alpha value is -4.20.